The molecule has 1 fully saturated rings. The summed E-state index contributed by atoms with van der Waals surface area (Å²) in [6.07, 6.45) is 9.88. The molecule has 1 aliphatic carbocycles. The van der Waals surface area contributed by atoms with E-state index < -0.39 is 0 Å². The van der Waals surface area contributed by atoms with Crippen molar-refractivity contribution in [3.05, 3.63) is 63.9 Å². The van der Waals surface area contributed by atoms with E-state index in [1.54, 1.807) is 23.2 Å². The Balaban J connectivity index is 1.43. The summed E-state index contributed by atoms with van der Waals surface area (Å²) in [6, 6.07) is 7.43. The number of nitrogens with two attached hydrogens (primary N) is 1. The lowest BCUT2D eigenvalue weighted by molar-refractivity contribution is 0.289. The van der Waals surface area contributed by atoms with Gasteiger partial charge in [0.15, 0.2) is 0 Å². The van der Waals surface area contributed by atoms with E-state index in [4.69, 9.17) is 22.3 Å². The number of aromatic nitrogens is 5. The van der Waals surface area contributed by atoms with Crippen molar-refractivity contribution in [3.63, 3.8) is 0 Å². The van der Waals surface area contributed by atoms with Gasteiger partial charge in [0.2, 0.25) is 5.95 Å². The normalized spacial score (nSPS) is 17.7. The van der Waals surface area contributed by atoms with Gasteiger partial charge in [-0.15, -0.1) is 0 Å². The smallest absolute Gasteiger partial charge is 0.260 e. The maximum absolute atomic E-state index is 13.5. The summed E-state index contributed by atoms with van der Waals surface area (Å²) in [5.74, 6) is 1.79. The van der Waals surface area contributed by atoms with Crippen LogP contribution in [-0.4, -0.2) is 37.6 Å². The Bertz CT molecular complexity index is 1480. The lowest BCUT2D eigenvalue weighted by Crippen LogP contribution is -2.26. The molecule has 192 valence electrons. The van der Waals surface area contributed by atoms with Crippen LogP contribution >= 0.6 is 11.6 Å². The predicted molar refractivity (Wildman–Crippen MR) is 149 cm³/mol. The zero-order chi connectivity index (χ0) is 25.9. The van der Waals surface area contributed by atoms with E-state index in [0.29, 0.717) is 46.1 Å². The molecule has 0 unspecified atom stereocenters. The van der Waals surface area contributed by atoms with Gasteiger partial charge < -0.3 is 11.1 Å². The Labute approximate surface area is 221 Å². The molecule has 8 nitrogen and oxygen atoms in total. The molecule has 0 amide bonds. The summed E-state index contributed by atoms with van der Waals surface area (Å²) in [7, 11) is 0. The van der Waals surface area contributed by atoms with Gasteiger partial charge in [0, 0.05) is 52.6 Å². The van der Waals surface area contributed by atoms with E-state index in [1.165, 1.54) is 25.7 Å². The Morgan fingerprint density at radius 2 is 1.84 bits per heavy atom. The molecule has 0 radical (unpaired) electrons. The van der Waals surface area contributed by atoms with Crippen LogP contribution in [0, 0.1) is 18.8 Å². The Morgan fingerprint density at radius 3 is 2.54 bits per heavy atom. The van der Waals surface area contributed by atoms with Crippen molar-refractivity contribution in [1.82, 2.24) is 24.5 Å². The molecule has 0 atom stereocenters. The van der Waals surface area contributed by atoms with Crippen LogP contribution in [0.15, 0.2) is 47.7 Å². The first kappa shape index (κ1) is 25.3. The first-order valence-corrected chi connectivity index (χ1v) is 13.3. The topological polar surface area (TPSA) is 112 Å². The Morgan fingerprint density at radius 1 is 1.05 bits per heavy atom. The number of pyridine rings is 1. The van der Waals surface area contributed by atoms with Crippen molar-refractivity contribution in [2.45, 2.75) is 46.1 Å². The fraction of sp³-hybridized carbons (Fsp3) is 0.393. The summed E-state index contributed by atoms with van der Waals surface area (Å²) in [4.78, 5) is 31.5. The second-order valence-electron chi connectivity index (χ2n) is 9.82. The Hall–Kier alpha value is -3.36. The maximum atomic E-state index is 13.5. The van der Waals surface area contributed by atoms with Gasteiger partial charge in [0.25, 0.3) is 5.56 Å². The van der Waals surface area contributed by atoms with Crippen molar-refractivity contribution < 1.29 is 0 Å². The molecular formula is C28H32ClN7O. The molecule has 3 aromatic heterocycles. The van der Waals surface area contributed by atoms with E-state index in [-0.39, 0.29) is 5.56 Å². The van der Waals surface area contributed by atoms with Crippen LogP contribution in [0.5, 0.6) is 0 Å². The molecule has 1 aliphatic rings. The highest BCUT2D eigenvalue weighted by molar-refractivity contribution is 6.33. The third-order valence-corrected chi connectivity index (χ3v) is 7.61. The largest absolute Gasteiger partial charge is 0.354 e. The van der Waals surface area contributed by atoms with Crippen LogP contribution in [0.4, 0.5) is 5.95 Å². The van der Waals surface area contributed by atoms with Gasteiger partial charge >= 0.3 is 0 Å². The van der Waals surface area contributed by atoms with E-state index in [9.17, 15) is 4.79 Å². The van der Waals surface area contributed by atoms with Gasteiger partial charge in [-0.05, 0) is 70.0 Å². The SMILES string of the molecule is CCn1c(=O)c(-c2ccc(-c3cncc(C)n3)cc2Cl)cc2cnc(NCC3CCC(CN)CC3)nc21. The number of rotatable bonds is 7. The summed E-state index contributed by atoms with van der Waals surface area (Å²) in [5, 5.41) is 4.65. The quantitative estimate of drug-likeness (QED) is 0.352. The molecule has 3 heterocycles. The number of anilines is 1. The first-order chi connectivity index (χ1) is 18.0. The highest BCUT2D eigenvalue weighted by atomic mass is 35.5. The second-order valence-corrected chi connectivity index (χ2v) is 10.2. The van der Waals surface area contributed by atoms with Crippen LogP contribution < -0.4 is 16.6 Å². The first-order valence-electron chi connectivity index (χ1n) is 12.9. The minimum atomic E-state index is -0.134. The average Bonchev–Trinajstić information content (AvgIpc) is 2.92. The lowest BCUT2D eigenvalue weighted by atomic mass is 9.82. The lowest BCUT2D eigenvalue weighted by Gasteiger charge is -2.27. The van der Waals surface area contributed by atoms with Crippen LogP contribution in [0.25, 0.3) is 33.4 Å². The molecule has 1 aromatic carbocycles. The summed E-state index contributed by atoms with van der Waals surface area (Å²) < 4.78 is 1.68. The zero-order valence-electron chi connectivity index (χ0n) is 21.2. The summed E-state index contributed by atoms with van der Waals surface area (Å²) in [6.45, 7) is 5.92. The molecule has 0 aliphatic heterocycles. The zero-order valence-corrected chi connectivity index (χ0v) is 22.0. The summed E-state index contributed by atoms with van der Waals surface area (Å²) >= 11 is 6.69. The molecular weight excluding hydrogens is 486 g/mol. The third-order valence-electron chi connectivity index (χ3n) is 7.30. The summed E-state index contributed by atoms with van der Waals surface area (Å²) in [5.41, 5.74) is 9.88. The van der Waals surface area contributed by atoms with E-state index in [2.05, 4.69) is 20.3 Å². The number of hydrogen-bond donors (Lipinski definition) is 2. The number of hydrogen-bond acceptors (Lipinski definition) is 7. The fourth-order valence-electron chi connectivity index (χ4n) is 5.13. The monoisotopic (exact) mass is 517 g/mol. The van der Waals surface area contributed by atoms with Gasteiger partial charge in [-0.3, -0.25) is 14.3 Å². The highest BCUT2D eigenvalue weighted by Gasteiger charge is 2.21. The van der Waals surface area contributed by atoms with Crippen molar-refractivity contribution in [2.75, 3.05) is 18.4 Å². The van der Waals surface area contributed by atoms with Crippen molar-refractivity contribution >= 4 is 28.6 Å². The number of halogens is 1. The van der Waals surface area contributed by atoms with Gasteiger partial charge in [0.1, 0.15) is 5.65 Å². The Kier molecular flexibility index (Phi) is 7.48. The molecule has 0 spiro atoms. The van der Waals surface area contributed by atoms with Crippen LogP contribution in [0.3, 0.4) is 0 Å². The molecule has 0 saturated heterocycles. The molecule has 37 heavy (non-hydrogen) atoms. The molecule has 1 saturated carbocycles. The minimum absolute atomic E-state index is 0.134. The second kappa shape index (κ2) is 10.9. The van der Waals surface area contributed by atoms with Crippen LogP contribution in [0.2, 0.25) is 5.02 Å². The standard InChI is InChI=1S/C28H32ClN7O/c1-3-36-26-21(15-33-28(35-26)32-14-19-6-4-18(12-30)5-7-19)10-23(27(36)37)22-9-8-20(11-24(22)29)25-16-31-13-17(2)34-25/h8-11,13,15-16,18-19H,3-7,12,14,30H2,1-2H3,(H,32,33,35). The van der Waals surface area contributed by atoms with Gasteiger partial charge in [-0.2, -0.15) is 4.98 Å². The number of nitrogens with zero attached hydrogens (tertiary/aromatic N) is 5. The van der Waals surface area contributed by atoms with Crippen molar-refractivity contribution in [1.29, 1.82) is 0 Å². The highest BCUT2D eigenvalue weighted by Crippen LogP contribution is 2.32. The van der Waals surface area contributed by atoms with Crippen LogP contribution in [-0.2, 0) is 6.54 Å². The van der Waals surface area contributed by atoms with Crippen molar-refractivity contribution in [3.8, 4) is 22.4 Å². The molecule has 3 N–H and O–H groups in total. The number of nitrogens with one attached hydrogen (secondary N) is 1. The number of benzene rings is 1. The maximum Gasteiger partial charge on any atom is 0.260 e. The predicted octanol–water partition coefficient (Wildman–Crippen LogP) is 5.07. The van der Waals surface area contributed by atoms with Gasteiger partial charge in [-0.25, -0.2) is 9.97 Å². The number of fused-ring (bicyclic) bond motifs is 1. The van der Waals surface area contributed by atoms with E-state index >= 15 is 0 Å². The van der Waals surface area contributed by atoms with Gasteiger partial charge in [0.05, 0.1) is 17.6 Å². The van der Waals surface area contributed by atoms with E-state index in [0.717, 1.165) is 35.4 Å². The average molecular weight is 518 g/mol. The number of aryl methyl sites for hydroxylation is 2. The minimum Gasteiger partial charge on any atom is -0.354 e. The fourth-order valence-corrected chi connectivity index (χ4v) is 5.42. The molecule has 0 bridgehead atoms. The molecule has 4 aromatic rings. The molecule has 9 heteroatoms. The molecule has 5 rings (SSSR count). The van der Waals surface area contributed by atoms with E-state index in [1.807, 2.05) is 38.1 Å². The van der Waals surface area contributed by atoms with Gasteiger partial charge in [-0.1, -0.05) is 23.7 Å². The van der Waals surface area contributed by atoms with Crippen LogP contribution in [0.1, 0.15) is 38.3 Å². The third kappa shape index (κ3) is 5.36. The van der Waals surface area contributed by atoms with Crippen molar-refractivity contribution in [2.24, 2.45) is 17.6 Å².